The zero-order chi connectivity index (χ0) is 20.9. The summed E-state index contributed by atoms with van der Waals surface area (Å²) in [5, 5.41) is 0. The van der Waals surface area contributed by atoms with E-state index >= 15 is 0 Å². The van der Waals surface area contributed by atoms with Crippen LogP contribution in [0.25, 0.3) is 5.70 Å². The molecule has 0 aliphatic rings. The lowest BCUT2D eigenvalue weighted by Crippen LogP contribution is -2.39. The molecule has 0 radical (unpaired) electrons. The molecule has 0 saturated carbocycles. The highest BCUT2D eigenvalue weighted by Gasteiger charge is 2.30. The van der Waals surface area contributed by atoms with Crippen molar-refractivity contribution in [2.75, 3.05) is 6.61 Å². The van der Waals surface area contributed by atoms with Gasteiger partial charge in [0.25, 0.3) is 5.91 Å². The van der Waals surface area contributed by atoms with E-state index in [9.17, 15) is 18.0 Å². The maximum atomic E-state index is 12.8. The van der Waals surface area contributed by atoms with Gasteiger partial charge in [0.05, 0.1) is 11.3 Å². The minimum absolute atomic E-state index is 0.0175. The Morgan fingerprint density at radius 1 is 1.00 bits per heavy atom. The monoisotopic (exact) mass is 392 g/mol. The summed E-state index contributed by atoms with van der Waals surface area (Å²) in [6.07, 6.45) is -4.45. The van der Waals surface area contributed by atoms with Gasteiger partial charge in [-0.25, -0.2) is 0 Å². The van der Waals surface area contributed by atoms with Crippen LogP contribution in [0.3, 0.4) is 0 Å². The fourth-order valence-corrected chi connectivity index (χ4v) is 2.34. The van der Waals surface area contributed by atoms with Gasteiger partial charge in [-0.3, -0.25) is 15.6 Å². The third-order valence-electron chi connectivity index (χ3n) is 3.98. The standard InChI is InChI=1S/C21H23F3N2O2/c1-14(15-6-5-7-17(12-15)21(22,23)24)25-26-19(27)13-28-18-10-8-16(9-11-18)20(2,3)4/h5-12,25H,1,13H2,2-4H3,(H,26,27). The van der Waals surface area contributed by atoms with Crippen molar-refractivity contribution in [2.45, 2.75) is 32.4 Å². The van der Waals surface area contributed by atoms with Crippen molar-refractivity contribution >= 4 is 11.6 Å². The Balaban J connectivity index is 1.85. The van der Waals surface area contributed by atoms with Crippen molar-refractivity contribution < 1.29 is 22.7 Å². The van der Waals surface area contributed by atoms with Gasteiger partial charge in [-0.1, -0.05) is 51.6 Å². The van der Waals surface area contributed by atoms with E-state index in [2.05, 4.69) is 38.2 Å². The third kappa shape index (κ3) is 6.04. The Kier molecular flexibility index (Phi) is 6.38. The van der Waals surface area contributed by atoms with Crippen molar-refractivity contribution in [3.8, 4) is 5.75 Å². The first-order valence-electron chi connectivity index (χ1n) is 8.61. The molecule has 0 heterocycles. The second-order valence-corrected chi connectivity index (χ2v) is 7.29. The zero-order valence-corrected chi connectivity index (χ0v) is 16.0. The number of hydrazine groups is 1. The number of rotatable bonds is 6. The third-order valence-corrected chi connectivity index (χ3v) is 3.98. The highest BCUT2D eigenvalue weighted by molar-refractivity contribution is 5.78. The van der Waals surface area contributed by atoms with Crippen LogP contribution in [-0.4, -0.2) is 12.5 Å². The topological polar surface area (TPSA) is 50.4 Å². The van der Waals surface area contributed by atoms with Gasteiger partial charge in [-0.2, -0.15) is 13.2 Å². The lowest BCUT2D eigenvalue weighted by molar-refractivity contribution is -0.137. The summed E-state index contributed by atoms with van der Waals surface area (Å²) in [6, 6.07) is 12.1. The van der Waals surface area contributed by atoms with E-state index in [0.717, 1.165) is 17.7 Å². The Morgan fingerprint density at radius 2 is 1.64 bits per heavy atom. The summed E-state index contributed by atoms with van der Waals surface area (Å²) in [6.45, 7) is 9.67. The minimum atomic E-state index is -4.45. The SMILES string of the molecule is C=C(NNC(=O)COc1ccc(C(C)(C)C)cc1)c1cccc(C(F)(F)F)c1. The van der Waals surface area contributed by atoms with E-state index in [4.69, 9.17) is 4.74 Å². The Hall–Kier alpha value is -2.96. The first-order chi connectivity index (χ1) is 13.0. The van der Waals surface area contributed by atoms with E-state index in [1.165, 1.54) is 12.1 Å². The molecule has 0 atom stereocenters. The summed E-state index contributed by atoms with van der Waals surface area (Å²) >= 11 is 0. The number of nitrogens with one attached hydrogen (secondary N) is 2. The molecule has 7 heteroatoms. The number of ether oxygens (including phenoxy) is 1. The molecular weight excluding hydrogens is 369 g/mol. The summed E-state index contributed by atoms with van der Waals surface area (Å²) in [5.74, 6) is 0.0490. The molecule has 4 nitrogen and oxygen atoms in total. The van der Waals surface area contributed by atoms with E-state index in [0.29, 0.717) is 5.75 Å². The zero-order valence-electron chi connectivity index (χ0n) is 16.0. The lowest BCUT2D eigenvalue weighted by atomic mass is 9.87. The normalized spacial score (nSPS) is 11.6. The van der Waals surface area contributed by atoms with E-state index in [-0.39, 0.29) is 23.3 Å². The van der Waals surface area contributed by atoms with Gasteiger partial charge < -0.3 is 4.74 Å². The highest BCUT2D eigenvalue weighted by Crippen LogP contribution is 2.30. The molecule has 0 aliphatic carbocycles. The van der Waals surface area contributed by atoms with Crippen molar-refractivity contribution in [1.82, 2.24) is 10.9 Å². The number of benzene rings is 2. The van der Waals surface area contributed by atoms with Crippen LogP contribution < -0.4 is 15.6 Å². The summed E-state index contributed by atoms with van der Waals surface area (Å²) < 4.78 is 43.7. The molecule has 0 bridgehead atoms. The molecule has 0 fully saturated rings. The predicted molar refractivity (Wildman–Crippen MR) is 102 cm³/mol. The molecule has 0 aromatic heterocycles. The number of hydrogen-bond donors (Lipinski definition) is 2. The van der Waals surface area contributed by atoms with Crippen LogP contribution in [0.2, 0.25) is 0 Å². The van der Waals surface area contributed by atoms with Gasteiger partial charge in [-0.15, -0.1) is 0 Å². The smallest absolute Gasteiger partial charge is 0.416 e. The van der Waals surface area contributed by atoms with Gasteiger partial charge >= 0.3 is 6.18 Å². The summed E-state index contributed by atoms with van der Waals surface area (Å²) in [7, 11) is 0. The first kappa shape index (κ1) is 21.3. The maximum Gasteiger partial charge on any atom is 0.416 e. The lowest BCUT2D eigenvalue weighted by Gasteiger charge is -2.19. The van der Waals surface area contributed by atoms with Crippen LogP contribution in [0.4, 0.5) is 13.2 Å². The van der Waals surface area contributed by atoms with Crippen LogP contribution in [0.15, 0.2) is 55.1 Å². The fraction of sp³-hybridized carbons (Fsp3) is 0.286. The van der Waals surface area contributed by atoms with Crippen LogP contribution >= 0.6 is 0 Å². The number of alkyl halides is 3. The predicted octanol–water partition coefficient (Wildman–Crippen LogP) is 4.67. The van der Waals surface area contributed by atoms with Crippen LogP contribution in [0.1, 0.15) is 37.5 Å². The number of halogens is 3. The molecule has 2 aromatic rings. The van der Waals surface area contributed by atoms with Crippen molar-refractivity contribution in [1.29, 1.82) is 0 Å². The van der Waals surface area contributed by atoms with Gasteiger partial charge in [-0.05, 0) is 40.8 Å². The highest BCUT2D eigenvalue weighted by atomic mass is 19.4. The average molecular weight is 392 g/mol. The van der Waals surface area contributed by atoms with Crippen molar-refractivity contribution in [3.63, 3.8) is 0 Å². The van der Waals surface area contributed by atoms with E-state index in [1.54, 1.807) is 12.1 Å². The minimum Gasteiger partial charge on any atom is -0.484 e. The Bertz CT molecular complexity index is 838. The summed E-state index contributed by atoms with van der Waals surface area (Å²) in [5.41, 5.74) is 5.57. The molecule has 2 N–H and O–H groups in total. The number of amides is 1. The van der Waals surface area contributed by atoms with E-state index in [1.807, 2.05) is 12.1 Å². The van der Waals surface area contributed by atoms with Gasteiger partial charge in [0.2, 0.25) is 0 Å². The Morgan fingerprint density at radius 3 is 2.21 bits per heavy atom. The fourth-order valence-electron chi connectivity index (χ4n) is 2.34. The molecule has 0 aliphatic heterocycles. The van der Waals surface area contributed by atoms with Crippen LogP contribution in [0.5, 0.6) is 5.75 Å². The largest absolute Gasteiger partial charge is 0.484 e. The number of carbonyl (C=O) groups is 1. The molecular formula is C21H23F3N2O2. The molecule has 28 heavy (non-hydrogen) atoms. The quantitative estimate of drug-likeness (QED) is 0.703. The van der Waals surface area contributed by atoms with Gasteiger partial charge in [0, 0.05) is 0 Å². The molecule has 2 rings (SSSR count). The van der Waals surface area contributed by atoms with Gasteiger partial charge in [0.15, 0.2) is 6.61 Å². The van der Waals surface area contributed by atoms with Crippen molar-refractivity contribution in [3.05, 3.63) is 71.8 Å². The van der Waals surface area contributed by atoms with Crippen molar-refractivity contribution in [2.24, 2.45) is 0 Å². The number of hydrogen-bond acceptors (Lipinski definition) is 3. The summed E-state index contributed by atoms with van der Waals surface area (Å²) in [4.78, 5) is 11.9. The molecule has 0 spiro atoms. The van der Waals surface area contributed by atoms with E-state index < -0.39 is 17.6 Å². The maximum absolute atomic E-state index is 12.8. The second-order valence-electron chi connectivity index (χ2n) is 7.29. The van der Waals surface area contributed by atoms with Gasteiger partial charge in [0.1, 0.15) is 5.75 Å². The second kappa shape index (κ2) is 8.37. The first-order valence-corrected chi connectivity index (χ1v) is 8.61. The Labute approximate surface area is 162 Å². The molecule has 1 amide bonds. The molecule has 0 unspecified atom stereocenters. The number of carbonyl (C=O) groups excluding carboxylic acids is 1. The molecule has 0 saturated heterocycles. The van der Waals surface area contributed by atoms with Crippen LogP contribution in [-0.2, 0) is 16.4 Å². The molecule has 2 aromatic carbocycles. The molecule has 150 valence electrons. The van der Waals surface area contributed by atoms with Crippen LogP contribution in [0, 0.1) is 0 Å². The average Bonchev–Trinajstić information content (AvgIpc) is 2.63.